The molecule has 2 rings (SSSR count). The van der Waals surface area contributed by atoms with Crippen LogP contribution in [0.2, 0.25) is 5.02 Å². The van der Waals surface area contributed by atoms with E-state index in [-0.39, 0.29) is 12.5 Å². The van der Waals surface area contributed by atoms with Crippen molar-refractivity contribution < 1.29 is 4.79 Å². The summed E-state index contributed by atoms with van der Waals surface area (Å²) in [4.78, 5) is 11.8. The molecule has 1 N–H and O–H groups in total. The van der Waals surface area contributed by atoms with E-state index >= 15 is 0 Å². The quantitative estimate of drug-likeness (QED) is 0.866. The molecular weight excluding hydrogens is 284 g/mol. The summed E-state index contributed by atoms with van der Waals surface area (Å²) in [6, 6.07) is 15.6. The Morgan fingerprint density at radius 2 is 1.90 bits per heavy atom. The molecule has 0 aliphatic rings. The first-order chi connectivity index (χ1) is 10.2. The average molecular weight is 295 g/mol. The Labute approximate surface area is 128 Å². The Hall–Kier alpha value is -2.75. The van der Waals surface area contributed by atoms with Gasteiger partial charge in [0.1, 0.15) is 0 Å². The summed E-state index contributed by atoms with van der Waals surface area (Å²) in [7, 11) is 0. The maximum absolute atomic E-state index is 11.8. The second-order valence-corrected chi connectivity index (χ2v) is 4.62. The van der Waals surface area contributed by atoms with Gasteiger partial charge >= 0.3 is 0 Å². The van der Waals surface area contributed by atoms with Crippen LogP contribution in [0, 0.1) is 23.2 Å². The average Bonchev–Trinajstić information content (AvgIpc) is 2.51. The molecule has 0 saturated heterocycles. The Morgan fingerprint density at radius 1 is 1.14 bits per heavy atom. The van der Waals surface area contributed by atoms with E-state index in [1.54, 1.807) is 36.4 Å². The Kier molecular flexibility index (Phi) is 4.99. The van der Waals surface area contributed by atoms with E-state index in [0.29, 0.717) is 16.1 Å². The molecule has 0 saturated carbocycles. The fourth-order valence-electron chi connectivity index (χ4n) is 1.64. The summed E-state index contributed by atoms with van der Waals surface area (Å²) in [5, 5.41) is 12.0. The first-order valence-corrected chi connectivity index (χ1v) is 6.59. The number of carbonyl (C=O) groups excluding carboxylic acids is 1. The molecule has 102 valence electrons. The largest absolute Gasteiger partial charge is 0.341 e. The van der Waals surface area contributed by atoms with Crippen LogP contribution >= 0.6 is 11.6 Å². The minimum atomic E-state index is -0.222. The zero-order chi connectivity index (χ0) is 15.1. The van der Waals surface area contributed by atoms with Crippen LogP contribution in [0.5, 0.6) is 0 Å². The highest BCUT2D eigenvalue weighted by atomic mass is 35.5. The Bertz CT molecular complexity index is 749. The third-order valence-electron chi connectivity index (χ3n) is 2.67. The van der Waals surface area contributed by atoms with Crippen molar-refractivity contribution in [3.63, 3.8) is 0 Å². The van der Waals surface area contributed by atoms with Crippen molar-refractivity contribution in [1.82, 2.24) is 5.32 Å². The first kappa shape index (κ1) is 14.7. The van der Waals surface area contributed by atoms with E-state index in [2.05, 4.69) is 17.2 Å². The zero-order valence-electron chi connectivity index (χ0n) is 11.1. The zero-order valence-corrected chi connectivity index (χ0v) is 11.8. The van der Waals surface area contributed by atoms with Crippen LogP contribution in [-0.2, 0) is 0 Å². The van der Waals surface area contributed by atoms with Crippen molar-refractivity contribution in [2.45, 2.75) is 0 Å². The molecule has 21 heavy (non-hydrogen) atoms. The molecule has 4 heteroatoms. The van der Waals surface area contributed by atoms with Gasteiger partial charge in [0.2, 0.25) is 0 Å². The van der Waals surface area contributed by atoms with E-state index in [4.69, 9.17) is 16.9 Å². The van der Waals surface area contributed by atoms with Gasteiger partial charge in [-0.3, -0.25) is 4.79 Å². The fraction of sp³-hybridized carbons (Fsp3) is 0.0588. The van der Waals surface area contributed by atoms with Gasteiger partial charge in [-0.25, -0.2) is 0 Å². The summed E-state index contributed by atoms with van der Waals surface area (Å²) < 4.78 is 0. The second kappa shape index (κ2) is 7.14. The molecular formula is C17H11ClN2O. The maximum atomic E-state index is 11.8. The number of rotatable bonds is 2. The molecule has 0 radical (unpaired) electrons. The Balaban J connectivity index is 1.91. The van der Waals surface area contributed by atoms with E-state index in [1.807, 2.05) is 18.2 Å². The normalized spacial score (nSPS) is 9.14. The Morgan fingerprint density at radius 3 is 2.57 bits per heavy atom. The molecule has 0 aliphatic heterocycles. The molecule has 3 nitrogen and oxygen atoms in total. The number of nitrogens with one attached hydrogen (secondary N) is 1. The third-order valence-corrected chi connectivity index (χ3v) is 2.91. The van der Waals surface area contributed by atoms with Crippen LogP contribution < -0.4 is 5.32 Å². The van der Waals surface area contributed by atoms with Gasteiger partial charge in [0.05, 0.1) is 18.2 Å². The lowest BCUT2D eigenvalue weighted by Gasteiger charge is -2.00. The van der Waals surface area contributed by atoms with Crippen molar-refractivity contribution in [3.8, 4) is 17.9 Å². The van der Waals surface area contributed by atoms with Gasteiger partial charge in [-0.2, -0.15) is 5.26 Å². The molecule has 0 unspecified atom stereocenters. The highest BCUT2D eigenvalue weighted by Crippen LogP contribution is 2.09. The van der Waals surface area contributed by atoms with Gasteiger partial charge in [-0.1, -0.05) is 29.5 Å². The third kappa shape index (κ3) is 4.38. The summed E-state index contributed by atoms with van der Waals surface area (Å²) in [5.74, 6) is 5.56. The highest BCUT2D eigenvalue weighted by molar-refractivity contribution is 6.30. The van der Waals surface area contributed by atoms with Crippen molar-refractivity contribution in [2.75, 3.05) is 6.54 Å². The molecule has 0 heterocycles. The van der Waals surface area contributed by atoms with Crippen LogP contribution in [0.15, 0.2) is 48.5 Å². The second-order valence-electron chi connectivity index (χ2n) is 4.18. The van der Waals surface area contributed by atoms with E-state index in [1.165, 1.54) is 0 Å². The van der Waals surface area contributed by atoms with Gasteiger partial charge in [0, 0.05) is 16.1 Å². The van der Waals surface area contributed by atoms with Crippen molar-refractivity contribution in [3.05, 3.63) is 70.2 Å². The van der Waals surface area contributed by atoms with E-state index in [0.717, 1.165) is 5.56 Å². The summed E-state index contributed by atoms with van der Waals surface area (Å²) >= 11 is 5.85. The minimum absolute atomic E-state index is 0.222. The standard InChI is InChI=1S/C17H11ClN2O/c18-16-5-1-3-13(11-16)4-2-10-20-17(21)15-8-6-14(12-19)7-9-15/h1,3,5-9,11H,10H2,(H,20,21). The number of benzene rings is 2. The number of nitrogens with zero attached hydrogens (tertiary/aromatic N) is 1. The molecule has 0 spiro atoms. The predicted molar refractivity (Wildman–Crippen MR) is 81.8 cm³/mol. The molecule has 0 atom stereocenters. The van der Waals surface area contributed by atoms with Gasteiger partial charge in [0.25, 0.3) is 5.91 Å². The highest BCUT2D eigenvalue weighted by Gasteiger charge is 2.03. The van der Waals surface area contributed by atoms with Crippen LogP contribution in [-0.4, -0.2) is 12.5 Å². The molecule has 2 aromatic carbocycles. The van der Waals surface area contributed by atoms with Gasteiger partial charge in [-0.05, 0) is 42.5 Å². The number of hydrogen-bond acceptors (Lipinski definition) is 2. The SMILES string of the molecule is N#Cc1ccc(C(=O)NCC#Cc2cccc(Cl)c2)cc1. The molecule has 0 bridgehead atoms. The van der Waals surface area contributed by atoms with Crippen LogP contribution in [0.4, 0.5) is 0 Å². The number of amides is 1. The monoisotopic (exact) mass is 294 g/mol. The number of halogens is 1. The fourth-order valence-corrected chi connectivity index (χ4v) is 1.83. The maximum Gasteiger partial charge on any atom is 0.252 e. The summed E-state index contributed by atoms with van der Waals surface area (Å²) in [6.07, 6.45) is 0. The molecule has 0 fully saturated rings. The van der Waals surface area contributed by atoms with Crippen LogP contribution in [0.25, 0.3) is 0 Å². The summed E-state index contributed by atoms with van der Waals surface area (Å²) in [5.41, 5.74) is 1.82. The number of hydrogen-bond donors (Lipinski definition) is 1. The molecule has 0 aliphatic carbocycles. The first-order valence-electron chi connectivity index (χ1n) is 6.22. The molecule has 1 amide bonds. The molecule has 0 aromatic heterocycles. The van der Waals surface area contributed by atoms with Crippen LogP contribution in [0.3, 0.4) is 0 Å². The number of carbonyl (C=O) groups is 1. The van der Waals surface area contributed by atoms with Crippen molar-refractivity contribution in [2.24, 2.45) is 0 Å². The van der Waals surface area contributed by atoms with Gasteiger partial charge < -0.3 is 5.32 Å². The van der Waals surface area contributed by atoms with Gasteiger partial charge in [-0.15, -0.1) is 0 Å². The van der Waals surface area contributed by atoms with E-state index < -0.39 is 0 Å². The van der Waals surface area contributed by atoms with Crippen molar-refractivity contribution in [1.29, 1.82) is 5.26 Å². The van der Waals surface area contributed by atoms with E-state index in [9.17, 15) is 4.79 Å². The predicted octanol–water partition coefficient (Wildman–Crippen LogP) is 2.99. The lowest BCUT2D eigenvalue weighted by atomic mass is 10.1. The smallest absolute Gasteiger partial charge is 0.252 e. The van der Waals surface area contributed by atoms with Crippen LogP contribution in [0.1, 0.15) is 21.5 Å². The lowest BCUT2D eigenvalue weighted by molar-refractivity contribution is 0.0958. The molecule has 2 aromatic rings. The number of nitriles is 1. The lowest BCUT2D eigenvalue weighted by Crippen LogP contribution is -2.23. The van der Waals surface area contributed by atoms with Gasteiger partial charge in [0.15, 0.2) is 0 Å². The minimum Gasteiger partial charge on any atom is -0.341 e. The topological polar surface area (TPSA) is 52.9 Å². The van der Waals surface area contributed by atoms with Crippen molar-refractivity contribution >= 4 is 17.5 Å². The summed E-state index contributed by atoms with van der Waals surface area (Å²) in [6.45, 7) is 0.241.